The Hall–Kier alpha value is -2.24. The van der Waals surface area contributed by atoms with Crippen LogP contribution in [0.1, 0.15) is 13.8 Å². The number of benzene rings is 1. The van der Waals surface area contributed by atoms with Gasteiger partial charge in [0.1, 0.15) is 24.4 Å². The van der Waals surface area contributed by atoms with E-state index in [4.69, 9.17) is 9.84 Å². The molecule has 0 aliphatic carbocycles. The second-order valence-electron chi connectivity index (χ2n) is 6.02. The summed E-state index contributed by atoms with van der Waals surface area (Å²) in [6.45, 7) is 2.02. The Morgan fingerprint density at radius 3 is 2.35 bits per heavy atom. The standard InChI is InChI=1S/C16H23N3O7/c1-7(21)17-9-3-4-10(18-8(2)22)11(5-9)19-16-14(25)13(24)15(26-16)12(23)6-20/h3-5,12-16,19-20,23-25H,6H2,1-2H3,(H,17,21)(H,18,22)/t12-,13-,14-,15-,16-/m1/s1. The molecule has 5 atom stereocenters. The first kappa shape index (κ1) is 20.1. The van der Waals surface area contributed by atoms with Crippen LogP contribution in [0.25, 0.3) is 0 Å². The third kappa shape index (κ3) is 4.68. The summed E-state index contributed by atoms with van der Waals surface area (Å²) in [6.07, 6.45) is -6.48. The minimum Gasteiger partial charge on any atom is -0.394 e. The summed E-state index contributed by atoms with van der Waals surface area (Å²) in [4.78, 5) is 22.6. The highest BCUT2D eigenvalue weighted by atomic mass is 16.6. The third-order valence-corrected chi connectivity index (χ3v) is 3.82. The lowest BCUT2D eigenvalue weighted by Gasteiger charge is -2.21. The molecule has 10 heteroatoms. The molecule has 10 nitrogen and oxygen atoms in total. The number of hydrogen-bond donors (Lipinski definition) is 7. The second-order valence-corrected chi connectivity index (χ2v) is 6.02. The van der Waals surface area contributed by atoms with E-state index < -0.39 is 37.3 Å². The maximum absolute atomic E-state index is 11.4. The zero-order chi connectivity index (χ0) is 19.4. The summed E-state index contributed by atoms with van der Waals surface area (Å²) in [7, 11) is 0. The number of aliphatic hydroxyl groups is 4. The van der Waals surface area contributed by atoms with Crippen LogP contribution >= 0.6 is 0 Å². The minimum absolute atomic E-state index is 0.290. The Morgan fingerprint density at radius 2 is 1.77 bits per heavy atom. The maximum Gasteiger partial charge on any atom is 0.221 e. The second kappa shape index (κ2) is 8.43. The molecule has 0 unspecified atom stereocenters. The largest absolute Gasteiger partial charge is 0.394 e. The number of carbonyl (C=O) groups is 2. The monoisotopic (exact) mass is 369 g/mol. The highest BCUT2D eigenvalue weighted by molar-refractivity contribution is 5.95. The Balaban J connectivity index is 2.25. The minimum atomic E-state index is -1.42. The topological polar surface area (TPSA) is 160 Å². The molecule has 2 rings (SSSR count). The van der Waals surface area contributed by atoms with Gasteiger partial charge < -0.3 is 41.1 Å². The molecule has 0 bridgehead atoms. The molecule has 0 saturated carbocycles. The van der Waals surface area contributed by atoms with E-state index in [1.807, 2.05) is 0 Å². The van der Waals surface area contributed by atoms with Crippen LogP contribution in [0, 0.1) is 0 Å². The number of nitrogens with one attached hydrogen (secondary N) is 3. The molecule has 1 aromatic rings. The lowest BCUT2D eigenvalue weighted by atomic mass is 10.1. The highest BCUT2D eigenvalue weighted by Crippen LogP contribution is 2.31. The Labute approximate surface area is 149 Å². The average molecular weight is 369 g/mol. The Bertz CT molecular complexity index is 669. The number of amides is 2. The number of rotatable bonds is 6. The van der Waals surface area contributed by atoms with Gasteiger partial charge in [-0.3, -0.25) is 9.59 Å². The van der Waals surface area contributed by atoms with Crippen molar-refractivity contribution in [2.75, 3.05) is 22.6 Å². The quantitative estimate of drug-likeness (QED) is 0.330. The molecule has 0 aromatic heterocycles. The predicted molar refractivity (Wildman–Crippen MR) is 92.4 cm³/mol. The zero-order valence-corrected chi connectivity index (χ0v) is 14.3. The van der Waals surface area contributed by atoms with Crippen molar-refractivity contribution in [3.05, 3.63) is 18.2 Å². The first-order chi connectivity index (χ1) is 12.2. The molecule has 7 N–H and O–H groups in total. The molecule has 1 fully saturated rings. The molecule has 26 heavy (non-hydrogen) atoms. The van der Waals surface area contributed by atoms with E-state index in [0.717, 1.165) is 0 Å². The summed E-state index contributed by atoms with van der Waals surface area (Å²) in [5, 5.41) is 46.8. The fraction of sp³-hybridized carbons (Fsp3) is 0.500. The van der Waals surface area contributed by atoms with Crippen molar-refractivity contribution in [1.82, 2.24) is 0 Å². The number of hydrogen-bond acceptors (Lipinski definition) is 8. The molecule has 1 aromatic carbocycles. The Morgan fingerprint density at radius 1 is 1.12 bits per heavy atom. The van der Waals surface area contributed by atoms with E-state index in [-0.39, 0.29) is 11.8 Å². The van der Waals surface area contributed by atoms with Crippen molar-refractivity contribution in [2.45, 2.75) is 44.5 Å². The third-order valence-electron chi connectivity index (χ3n) is 3.82. The number of anilines is 3. The lowest BCUT2D eigenvalue weighted by Crippen LogP contribution is -2.40. The van der Waals surface area contributed by atoms with Crippen molar-refractivity contribution in [2.24, 2.45) is 0 Å². The Kier molecular flexibility index (Phi) is 6.51. The average Bonchev–Trinajstić information content (AvgIpc) is 2.84. The molecule has 1 saturated heterocycles. The van der Waals surface area contributed by atoms with Crippen LogP contribution < -0.4 is 16.0 Å². The van der Waals surface area contributed by atoms with Gasteiger partial charge in [-0.05, 0) is 18.2 Å². The van der Waals surface area contributed by atoms with Crippen LogP contribution in [0.2, 0.25) is 0 Å². The number of carbonyl (C=O) groups excluding carboxylic acids is 2. The smallest absolute Gasteiger partial charge is 0.221 e. The fourth-order valence-electron chi connectivity index (χ4n) is 2.64. The van der Waals surface area contributed by atoms with Gasteiger partial charge in [0.2, 0.25) is 11.8 Å². The molecule has 0 spiro atoms. The van der Waals surface area contributed by atoms with Gasteiger partial charge in [0.05, 0.1) is 18.0 Å². The van der Waals surface area contributed by atoms with Crippen molar-refractivity contribution >= 4 is 28.9 Å². The molecule has 144 valence electrons. The maximum atomic E-state index is 11.4. The van der Waals surface area contributed by atoms with Crippen LogP contribution in [0.5, 0.6) is 0 Å². The first-order valence-corrected chi connectivity index (χ1v) is 7.99. The molecule has 1 aliphatic rings. The van der Waals surface area contributed by atoms with Crippen molar-refractivity contribution in [3.63, 3.8) is 0 Å². The fourth-order valence-corrected chi connectivity index (χ4v) is 2.64. The van der Waals surface area contributed by atoms with E-state index in [9.17, 15) is 24.9 Å². The van der Waals surface area contributed by atoms with Gasteiger partial charge in [0.25, 0.3) is 0 Å². The van der Waals surface area contributed by atoms with Crippen molar-refractivity contribution in [1.29, 1.82) is 0 Å². The van der Waals surface area contributed by atoms with Gasteiger partial charge in [-0.1, -0.05) is 0 Å². The summed E-state index contributed by atoms with van der Waals surface area (Å²) in [5.74, 6) is -0.622. The van der Waals surface area contributed by atoms with Crippen molar-refractivity contribution < 1.29 is 34.8 Å². The van der Waals surface area contributed by atoms with E-state index >= 15 is 0 Å². The van der Waals surface area contributed by atoms with Gasteiger partial charge in [-0.15, -0.1) is 0 Å². The van der Waals surface area contributed by atoms with Gasteiger partial charge in [0, 0.05) is 19.5 Å². The van der Waals surface area contributed by atoms with Gasteiger partial charge >= 0.3 is 0 Å². The van der Waals surface area contributed by atoms with Crippen LogP contribution in [0.4, 0.5) is 17.1 Å². The summed E-state index contributed by atoms with van der Waals surface area (Å²) >= 11 is 0. The zero-order valence-electron chi connectivity index (χ0n) is 14.3. The van der Waals surface area contributed by atoms with Crippen LogP contribution in [-0.2, 0) is 14.3 Å². The predicted octanol–water partition coefficient (Wildman–Crippen LogP) is -1.18. The highest BCUT2D eigenvalue weighted by Gasteiger charge is 2.46. The van der Waals surface area contributed by atoms with Crippen molar-refractivity contribution in [3.8, 4) is 0 Å². The van der Waals surface area contributed by atoms with Crippen LogP contribution in [-0.4, -0.2) is 69.5 Å². The van der Waals surface area contributed by atoms with E-state index in [0.29, 0.717) is 17.1 Å². The summed E-state index contributed by atoms with van der Waals surface area (Å²) in [5.41, 5.74) is 1.12. The SMILES string of the molecule is CC(=O)Nc1ccc(NC(C)=O)c(N[C@@H]2O[C@H]([C@H](O)CO)[C@H](O)[C@H]2O)c1. The molecule has 1 aliphatic heterocycles. The van der Waals surface area contributed by atoms with Gasteiger partial charge in [-0.25, -0.2) is 0 Å². The molecular weight excluding hydrogens is 346 g/mol. The summed E-state index contributed by atoms with van der Waals surface area (Å²) < 4.78 is 5.40. The van der Waals surface area contributed by atoms with Gasteiger partial charge in [-0.2, -0.15) is 0 Å². The van der Waals surface area contributed by atoms with Gasteiger partial charge in [0.15, 0.2) is 6.23 Å². The normalized spacial score (nSPS) is 26.2. The van der Waals surface area contributed by atoms with E-state index in [1.165, 1.54) is 19.9 Å². The lowest BCUT2D eigenvalue weighted by molar-refractivity contribution is -0.115. The molecule has 2 amide bonds. The summed E-state index contributed by atoms with van der Waals surface area (Å²) in [6, 6.07) is 4.65. The van der Waals surface area contributed by atoms with E-state index in [2.05, 4.69) is 16.0 Å². The first-order valence-electron chi connectivity index (χ1n) is 7.99. The number of aliphatic hydroxyl groups excluding tert-OH is 4. The molecule has 0 radical (unpaired) electrons. The van der Waals surface area contributed by atoms with E-state index in [1.54, 1.807) is 12.1 Å². The number of ether oxygens (including phenoxy) is 1. The van der Waals surface area contributed by atoms with Crippen LogP contribution in [0.15, 0.2) is 18.2 Å². The molecular formula is C16H23N3O7. The molecule has 1 heterocycles. The van der Waals surface area contributed by atoms with Crippen LogP contribution in [0.3, 0.4) is 0 Å².